The number of carbonyl (C=O) groups is 1. The highest BCUT2D eigenvalue weighted by molar-refractivity contribution is 5.95. The molecule has 0 aromatic heterocycles. The van der Waals surface area contributed by atoms with Gasteiger partial charge in [-0.05, 0) is 33.1 Å². The van der Waals surface area contributed by atoms with Gasteiger partial charge in [-0.1, -0.05) is 5.92 Å². The first-order valence-electron chi connectivity index (χ1n) is 4.24. The fourth-order valence-corrected chi connectivity index (χ4v) is 0.754. The zero-order chi connectivity index (χ0) is 9.40. The third-order valence-corrected chi connectivity index (χ3v) is 1.26. The minimum atomic E-state index is 0.00450. The lowest BCUT2D eigenvalue weighted by Crippen LogP contribution is -2.05. The Kier molecular flexibility index (Phi) is 6.41. The fraction of sp³-hybridized carbons (Fsp3) is 0.700. The lowest BCUT2D eigenvalue weighted by atomic mass is 10.2. The van der Waals surface area contributed by atoms with E-state index in [1.54, 1.807) is 6.92 Å². The number of hydrogen-bond donors (Lipinski definition) is 0. The summed E-state index contributed by atoms with van der Waals surface area (Å²) in [5.74, 6) is 5.07. The predicted molar refractivity (Wildman–Crippen MR) is 48.8 cm³/mol. The summed E-state index contributed by atoms with van der Waals surface area (Å²) in [7, 11) is 0. The molecule has 2 nitrogen and oxygen atoms in total. The zero-order valence-electron chi connectivity index (χ0n) is 8.02. The molecule has 0 rings (SSSR count). The first-order chi connectivity index (χ1) is 5.66. The summed E-state index contributed by atoms with van der Waals surface area (Å²) in [6.07, 6.45) is 1.52. The summed E-state index contributed by atoms with van der Waals surface area (Å²) in [5.41, 5.74) is 0. The molecule has 0 saturated carbocycles. The SMILES string of the molecule is CC#CC(=O)CCCOC(C)C. The average Bonchev–Trinajstić information content (AvgIpc) is 1.98. The Morgan fingerprint density at radius 3 is 2.67 bits per heavy atom. The van der Waals surface area contributed by atoms with Gasteiger partial charge in [0.1, 0.15) is 0 Å². The number of ketones is 1. The lowest BCUT2D eigenvalue weighted by molar-refractivity contribution is -0.114. The molecule has 0 bridgehead atoms. The summed E-state index contributed by atoms with van der Waals surface area (Å²) < 4.78 is 5.27. The van der Waals surface area contributed by atoms with E-state index in [0.29, 0.717) is 13.0 Å². The quantitative estimate of drug-likeness (QED) is 0.355. The van der Waals surface area contributed by atoms with E-state index >= 15 is 0 Å². The number of hydrogen-bond acceptors (Lipinski definition) is 2. The van der Waals surface area contributed by atoms with E-state index < -0.39 is 0 Å². The van der Waals surface area contributed by atoms with Crippen LogP contribution in [0.2, 0.25) is 0 Å². The van der Waals surface area contributed by atoms with Gasteiger partial charge in [0.05, 0.1) is 6.10 Å². The summed E-state index contributed by atoms with van der Waals surface area (Å²) in [6, 6.07) is 0. The van der Waals surface area contributed by atoms with Gasteiger partial charge in [-0.25, -0.2) is 0 Å². The molecule has 0 unspecified atom stereocenters. The van der Waals surface area contributed by atoms with Gasteiger partial charge in [0.25, 0.3) is 0 Å². The molecule has 0 radical (unpaired) electrons. The van der Waals surface area contributed by atoms with Gasteiger partial charge >= 0.3 is 0 Å². The molecule has 0 atom stereocenters. The predicted octanol–water partition coefficient (Wildman–Crippen LogP) is 1.78. The molecule has 0 aromatic carbocycles. The lowest BCUT2D eigenvalue weighted by Gasteiger charge is -2.05. The van der Waals surface area contributed by atoms with Crippen molar-refractivity contribution in [3.05, 3.63) is 0 Å². The number of carbonyl (C=O) groups excluding carboxylic acids is 1. The molecule has 2 heteroatoms. The second-order valence-corrected chi connectivity index (χ2v) is 2.82. The Morgan fingerprint density at radius 1 is 1.50 bits per heavy atom. The van der Waals surface area contributed by atoms with Crippen molar-refractivity contribution in [2.24, 2.45) is 0 Å². The maximum absolute atomic E-state index is 10.9. The van der Waals surface area contributed by atoms with Crippen molar-refractivity contribution in [2.45, 2.75) is 39.7 Å². The zero-order valence-corrected chi connectivity index (χ0v) is 8.02. The first-order valence-corrected chi connectivity index (χ1v) is 4.24. The van der Waals surface area contributed by atoms with Crippen LogP contribution in [0.1, 0.15) is 33.6 Å². The Morgan fingerprint density at radius 2 is 2.17 bits per heavy atom. The second-order valence-electron chi connectivity index (χ2n) is 2.82. The van der Waals surface area contributed by atoms with E-state index in [1.165, 1.54) is 0 Å². The normalized spacial score (nSPS) is 9.33. The molecule has 0 aliphatic carbocycles. The van der Waals surface area contributed by atoms with Gasteiger partial charge in [0.15, 0.2) is 0 Å². The van der Waals surface area contributed by atoms with E-state index in [1.807, 2.05) is 13.8 Å². The first kappa shape index (κ1) is 11.2. The molecule has 0 N–H and O–H groups in total. The highest BCUT2D eigenvalue weighted by atomic mass is 16.5. The van der Waals surface area contributed by atoms with Crippen LogP contribution in [0.5, 0.6) is 0 Å². The summed E-state index contributed by atoms with van der Waals surface area (Å²) >= 11 is 0. The smallest absolute Gasteiger partial charge is 0.205 e. The van der Waals surface area contributed by atoms with Gasteiger partial charge in [0.2, 0.25) is 5.78 Å². The Balaban J connectivity index is 3.30. The van der Waals surface area contributed by atoms with Crippen molar-refractivity contribution >= 4 is 5.78 Å². The van der Waals surface area contributed by atoms with Crippen LogP contribution in [-0.2, 0) is 9.53 Å². The minimum absolute atomic E-state index is 0.00450. The Hall–Kier alpha value is -0.810. The maximum atomic E-state index is 10.9. The molecule has 68 valence electrons. The number of rotatable bonds is 5. The van der Waals surface area contributed by atoms with Crippen LogP contribution in [0.15, 0.2) is 0 Å². The van der Waals surface area contributed by atoms with Gasteiger partial charge in [-0.2, -0.15) is 0 Å². The van der Waals surface area contributed by atoms with E-state index in [4.69, 9.17) is 4.74 Å². The third kappa shape index (κ3) is 7.30. The van der Waals surface area contributed by atoms with Crippen LogP contribution in [0.3, 0.4) is 0 Å². The molecule has 12 heavy (non-hydrogen) atoms. The van der Waals surface area contributed by atoms with Crippen LogP contribution in [-0.4, -0.2) is 18.5 Å². The van der Waals surface area contributed by atoms with Crippen LogP contribution >= 0.6 is 0 Å². The molecule has 0 saturated heterocycles. The van der Waals surface area contributed by atoms with Crippen molar-refractivity contribution in [3.8, 4) is 11.8 Å². The van der Waals surface area contributed by atoms with Crippen LogP contribution < -0.4 is 0 Å². The average molecular weight is 168 g/mol. The molecule has 0 aromatic rings. The van der Waals surface area contributed by atoms with Crippen molar-refractivity contribution in [3.63, 3.8) is 0 Å². The molecular weight excluding hydrogens is 152 g/mol. The van der Waals surface area contributed by atoms with E-state index in [-0.39, 0.29) is 11.9 Å². The standard InChI is InChI=1S/C10H16O2/c1-4-6-10(11)7-5-8-12-9(2)3/h9H,5,7-8H2,1-3H3. The van der Waals surface area contributed by atoms with Crippen molar-refractivity contribution in [1.82, 2.24) is 0 Å². The molecule has 0 spiro atoms. The minimum Gasteiger partial charge on any atom is -0.379 e. The largest absolute Gasteiger partial charge is 0.379 e. The van der Waals surface area contributed by atoms with Crippen molar-refractivity contribution in [1.29, 1.82) is 0 Å². The van der Waals surface area contributed by atoms with Gasteiger partial charge in [-0.15, -0.1) is 0 Å². The van der Waals surface area contributed by atoms with Crippen molar-refractivity contribution in [2.75, 3.05) is 6.61 Å². The highest BCUT2D eigenvalue weighted by Gasteiger charge is 1.97. The molecule has 0 aliphatic rings. The fourth-order valence-electron chi connectivity index (χ4n) is 0.754. The summed E-state index contributed by atoms with van der Waals surface area (Å²) in [4.78, 5) is 10.9. The van der Waals surface area contributed by atoms with E-state index in [2.05, 4.69) is 11.8 Å². The van der Waals surface area contributed by atoms with Crippen molar-refractivity contribution < 1.29 is 9.53 Å². The Labute approximate surface area is 74.3 Å². The third-order valence-electron chi connectivity index (χ3n) is 1.26. The van der Waals surface area contributed by atoms with Crippen LogP contribution in [0, 0.1) is 11.8 Å². The second kappa shape index (κ2) is 6.87. The number of Topliss-reactive ketones (excluding diaryl/α,β-unsaturated/α-hetero) is 1. The van der Waals surface area contributed by atoms with E-state index in [9.17, 15) is 4.79 Å². The molecule has 0 amide bonds. The monoisotopic (exact) mass is 168 g/mol. The molecule has 0 heterocycles. The molecular formula is C10H16O2. The molecule has 0 aliphatic heterocycles. The maximum Gasteiger partial charge on any atom is 0.205 e. The highest BCUT2D eigenvalue weighted by Crippen LogP contribution is 1.94. The van der Waals surface area contributed by atoms with Gasteiger partial charge < -0.3 is 4.74 Å². The summed E-state index contributed by atoms with van der Waals surface area (Å²) in [6.45, 7) is 6.28. The number of ether oxygens (including phenoxy) is 1. The topological polar surface area (TPSA) is 26.3 Å². The summed E-state index contributed by atoms with van der Waals surface area (Å²) in [5, 5.41) is 0. The van der Waals surface area contributed by atoms with E-state index in [0.717, 1.165) is 6.42 Å². The van der Waals surface area contributed by atoms with Crippen LogP contribution in [0.4, 0.5) is 0 Å². The molecule has 0 fully saturated rings. The van der Waals surface area contributed by atoms with Gasteiger partial charge in [0, 0.05) is 13.0 Å². The van der Waals surface area contributed by atoms with Gasteiger partial charge in [-0.3, -0.25) is 4.79 Å². The Bertz CT molecular complexity index is 184. The van der Waals surface area contributed by atoms with Crippen LogP contribution in [0.25, 0.3) is 0 Å².